The Morgan fingerprint density at radius 1 is 1.29 bits per heavy atom. The van der Waals surface area contributed by atoms with Gasteiger partial charge in [0.2, 0.25) is 5.91 Å². The number of rotatable bonds is 10. The second-order valence-electron chi connectivity index (χ2n) is 5.30. The molecular weight excluding hydrogens is 212 g/mol. The minimum Gasteiger partial charge on any atom is -0.354 e. The topological polar surface area (TPSA) is 41.1 Å². The van der Waals surface area contributed by atoms with Gasteiger partial charge in [-0.05, 0) is 26.2 Å². The van der Waals surface area contributed by atoms with E-state index in [-0.39, 0.29) is 5.91 Å². The third-order valence-corrected chi connectivity index (χ3v) is 3.26. The Balaban J connectivity index is 1.91. The van der Waals surface area contributed by atoms with Crippen molar-refractivity contribution in [2.45, 2.75) is 77.3 Å². The van der Waals surface area contributed by atoms with Gasteiger partial charge < -0.3 is 10.6 Å². The Hall–Kier alpha value is -0.570. The summed E-state index contributed by atoms with van der Waals surface area (Å²) in [6.07, 6.45) is 9.41. The summed E-state index contributed by atoms with van der Waals surface area (Å²) in [6, 6.07) is 1.04. The molecule has 3 nitrogen and oxygen atoms in total. The van der Waals surface area contributed by atoms with Crippen LogP contribution in [0.1, 0.15) is 65.2 Å². The fraction of sp³-hybridized carbons (Fsp3) is 0.929. The number of nitrogens with one attached hydrogen (secondary N) is 2. The molecule has 1 amide bonds. The van der Waals surface area contributed by atoms with Crippen LogP contribution in [0.5, 0.6) is 0 Å². The predicted molar refractivity (Wildman–Crippen MR) is 72.0 cm³/mol. The summed E-state index contributed by atoms with van der Waals surface area (Å²) in [7, 11) is 0. The molecule has 0 aromatic rings. The van der Waals surface area contributed by atoms with Gasteiger partial charge in [0.25, 0.3) is 0 Å². The molecule has 1 unspecified atom stereocenters. The predicted octanol–water partition coefficient (Wildman–Crippen LogP) is 2.60. The fourth-order valence-electron chi connectivity index (χ4n) is 1.97. The molecule has 2 N–H and O–H groups in total. The molecule has 0 radical (unpaired) electrons. The Bertz CT molecular complexity index is 214. The van der Waals surface area contributed by atoms with Gasteiger partial charge in [0, 0.05) is 25.0 Å². The van der Waals surface area contributed by atoms with Crippen LogP contribution in [-0.4, -0.2) is 24.5 Å². The smallest absolute Gasteiger partial charge is 0.221 e. The highest BCUT2D eigenvalue weighted by atomic mass is 16.1. The Morgan fingerprint density at radius 2 is 2.06 bits per heavy atom. The maximum absolute atomic E-state index is 11.6. The molecule has 1 atom stereocenters. The second kappa shape index (κ2) is 8.51. The first kappa shape index (κ1) is 14.5. The van der Waals surface area contributed by atoms with Gasteiger partial charge >= 0.3 is 0 Å². The highest BCUT2D eigenvalue weighted by molar-refractivity contribution is 5.76. The maximum atomic E-state index is 11.6. The van der Waals surface area contributed by atoms with E-state index in [1.54, 1.807) is 0 Å². The summed E-state index contributed by atoms with van der Waals surface area (Å²) in [6.45, 7) is 5.16. The second-order valence-corrected chi connectivity index (χ2v) is 5.30. The van der Waals surface area contributed by atoms with Crippen molar-refractivity contribution >= 4 is 5.91 Å². The van der Waals surface area contributed by atoms with Crippen molar-refractivity contribution in [1.29, 1.82) is 0 Å². The summed E-state index contributed by atoms with van der Waals surface area (Å²) in [4.78, 5) is 11.6. The summed E-state index contributed by atoms with van der Waals surface area (Å²) in [5, 5.41) is 6.43. The van der Waals surface area contributed by atoms with Crippen LogP contribution in [0.4, 0.5) is 0 Å². The lowest BCUT2D eigenvalue weighted by atomic mass is 10.1. The van der Waals surface area contributed by atoms with Crippen molar-refractivity contribution in [3.63, 3.8) is 0 Å². The van der Waals surface area contributed by atoms with E-state index in [9.17, 15) is 4.79 Å². The van der Waals surface area contributed by atoms with Crippen molar-refractivity contribution < 1.29 is 4.79 Å². The Kier molecular flexibility index (Phi) is 7.25. The average Bonchev–Trinajstić information content (AvgIpc) is 3.08. The molecule has 3 heteroatoms. The highest BCUT2D eigenvalue weighted by Gasteiger charge is 2.20. The van der Waals surface area contributed by atoms with E-state index in [0.717, 1.165) is 13.0 Å². The van der Waals surface area contributed by atoms with Crippen molar-refractivity contribution in [2.75, 3.05) is 6.54 Å². The molecule has 17 heavy (non-hydrogen) atoms. The average molecular weight is 240 g/mol. The summed E-state index contributed by atoms with van der Waals surface area (Å²) in [5.41, 5.74) is 0. The fourth-order valence-corrected chi connectivity index (χ4v) is 1.97. The minimum absolute atomic E-state index is 0.196. The Morgan fingerprint density at radius 3 is 2.71 bits per heavy atom. The summed E-state index contributed by atoms with van der Waals surface area (Å²) < 4.78 is 0. The molecular formula is C14H28N2O. The van der Waals surface area contributed by atoms with Crippen molar-refractivity contribution in [3.05, 3.63) is 0 Å². The summed E-state index contributed by atoms with van der Waals surface area (Å²) in [5.74, 6) is 0.196. The number of hydrogen-bond acceptors (Lipinski definition) is 2. The molecule has 0 bridgehead atoms. The summed E-state index contributed by atoms with van der Waals surface area (Å²) >= 11 is 0. The van der Waals surface area contributed by atoms with Crippen LogP contribution in [0.2, 0.25) is 0 Å². The largest absolute Gasteiger partial charge is 0.354 e. The van der Waals surface area contributed by atoms with E-state index in [1.807, 2.05) is 0 Å². The van der Waals surface area contributed by atoms with E-state index in [2.05, 4.69) is 24.5 Å². The molecule has 0 spiro atoms. The number of amides is 1. The van der Waals surface area contributed by atoms with Crippen molar-refractivity contribution in [2.24, 2.45) is 0 Å². The highest BCUT2D eigenvalue weighted by Crippen LogP contribution is 2.18. The van der Waals surface area contributed by atoms with Gasteiger partial charge in [-0.15, -0.1) is 0 Å². The molecule has 0 aliphatic heterocycles. The van der Waals surface area contributed by atoms with Gasteiger partial charge in [0.1, 0.15) is 0 Å². The van der Waals surface area contributed by atoms with Gasteiger partial charge in [-0.25, -0.2) is 0 Å². The third-order valence-electron chi connectivity index (χ3n) is 3.26. The zero-order valence-corrected chi connectivity index (χ0v) is 11.4. The van der Waals surface area contributed by atoms with Crippen LogP contribution in [0.3, 0.4) is 0 Å². The van der Waals surface area contributed by atoms with Gasteiger partial charge in [-0.1, -0.05) is 32.6 Å². The van der Waals surface area contributed by atoms with Crippen LogP contribution >= 0.6 is 0 Å². The van der Waals surface area contributed by atoms with Crippen LogP contribution in [0.15, 0.2) is 0 Å². The lowest BCUT2D eigenvalue weighted by Crippen LogP contribution is -2.34. The maximum Gasteiger partial charge on any atom is 0.221 e. The van der Waals surface area contributed by atoms with E-state index < -0.39 is 0 Å². The van der Waals surface area contributed by atoms with Gasteiger partial charge in [-0.2, -0.15) is 0 Å². The Labute approximate surface area is 106 Å². The number of carbonyl (C=O) groups excluding carboxylic acids is 1. The molecule has 0 saturated heterocycles. The lowest BCUT2D eigenvalue weighted by molar-refractivity contribution is -0.121. The molecule has 1 rings (SSSR count). The molecule has 1 aliphatic carbocycles. The molecule has 100 valence electrons. The van der Waals surface area contributed by atoms with Crippen molar-refractivity contribution in [3.8, 4) is 0 Å². The van der Waals surface area contributed by atoms with Gasteiger partial charge in [0.15, 0.2) is 0 Å². The molecule has 1 saturated carbocycles. The molecule has 0 aromatic carbocycles. The van der Waals surface area contributed by atoms with Crippen molar-refractivity contribution in [1.82, 2.24) is 10.6 Å². The minimum atomic E-state index is 0.196. The SMILES string of the molecule is CCCCCCC(C)NC(=O)CCNC1CC1. The lowest BCUT2D eigenvalue weighted by Gasteiger charge is -2.13. The van der Waals surface area contributed by atoms with E-state index in [4.69, 9.17) is 0 Å². The van der Waals surface area contributed by atoms with Crippen LogP contribution < -0.4 is 10.6 Å². The first-order valence-electron chi connectivity index (χ1n) is 7.25. The van der Waals surface area contributed by atoms with E-state index in [0.29, 0.717) is 18.5 Å². The van der Waals surface area contributed by atoms with Crippen LogP contribution in [-0.2, 0) is 4.79 Å². The number of hydrogen-bond donors (Lipinski definition) is 2. The molecule has 0 heterocycles. The molecule has 1 aliphatic rings. The van der Waals surface area contributed by atoms with Gasteiger partial charge in [0.05, 0.1) is 0 Å². The third kappa shape index (κ3) is 8.19. The van der Waals surface area contributed by atoms with Crippen LogP contribution in [0.25, 0.3) is 0 Å². The van der Waals surface area contributed by atoms with Crippen LogP contribution in [0, 0.1) is 0 Å². The number of unbranched alkanes of at least 4 members (excludes halogenated alkanes) is 3. The van der Waals surface area contributed by atoms with E-state index >= 15 is 0 Å². The quantitative estimate of drug-likeness (QED) is 0.576. The standard InChI is InChI=1S/C14H28N2O/c1-3-4-5-6-7-12(2)16-14(17)10-11-15-13-8-9-13/h12-13,15H,3-11H2,1-2H3,(H,16,17). The monoisotopic (exact) mass is 240 g/mol. The van der Waals surface area contributed by atoms with E-state index in [1.165, 1.54) is 38.5 Å². The van der Waals surface area contributed by atoms with Gasteiger partial charge in [-0.3, -0.25) is 4.79 Å². The number of carbonyl (C=O) groups is 1. The first-order chi connectivity index (χ1) is 8.22. The zero-order valence-electron chi connectivity index (χ0n) is 11.4. The molecule has 0 aromatic heterocycles. The zero-order chi connectivity index (χ0) is 12.5. The normalized spacial score (nSPS) is 16.8. The first-order valence-corrected chi connectivity index (χ1v) is 7.25. The molecule has 1 fully saturated rings.